The number of nitrogens with one attached hydrogen (secondary N) is 1. The van der Waals surface area contributed by atoms with Crippen LogP contribution in [0.15, 0.2) is 46.0 Å². The van der Waals surface area contributed by atoms with Crippen molar-refractivity contribution in [3.63, 3.8) is 0 Å². The van der Waals surface area contributed by atoms with E-state index in [0.29, 0.717) is 43.4 Å². The zero-order valence-corrected chi connectivity index (χ0v) is 16.8. The van der Waals surface area contributed by atoms with E-state index < -0.39 is 10.7 Å². The summed E-state index contributed by atoms with van der Waals surface area (Å²) in [5.74, 6) is 0.577. The fraction of sp³-hybridized carbons (Fsp3) is 0.211. The molecule has 0 bridgehead atoms. The Balaban J connectivity index is 1.45. The van der Waals surface area contributed by atoms with E-state index in [4.69, 9.17) is 20.8 Å². The van der Waals surface area contributed by atoms with Crippen LogP contribution in [0.25, 0.3) is 11.3 Å². The van der Waals surface area contributed by atoms with Crippen molar-refractivity contribution in [3.8, 4) is 11.3 Å². The number of halogens is 2. The molecule has 0 saturated carbocycles. The maximum absolute atomic E-state index is 14.1. The van der Waals surface area contributed by atoms with Crippen molar-refractivity contribution in [2.24, 2.45) is 5.10 Å². The Morgan fingerprint density at radius 1 is 1.29 bits per heavy atom. The first-order valence-corrected chi connectivity index (χ1v) is 9.57. The minimum Gasteiger partial charge on any atom is -0.455 e. The molecule has 4 rings (SSSR count). The molecule has 1 aromatic carbocycles. The lowest BCUT2D eigenvalue weighted by Crippen LogP contribution is -2.37. The highest BCUT2D eigenvalue weighted by molar-refractivity contribution is 6.32. The van der Waals surface area contributed by atoms with Gasteiger partial charge in [0.05, 0.1) is 30.5 Å². The second-order valence-corrected chi connectivity index (χ2v) is 6.87. The molecular formula is C19H16ClFN6O4. The summed E-state index contributed by atoms with van der Waals surface area (Å²) < 4.78 is 25.0. The summed E-state index contributed by atoms with van der Waals surface area (Å²) >= 11 is 5.83. The van der Waals surface area contributed by atoms with Crippen molar-refractivity contribution in [2.75, 3.05) is 36.6 Å². The van der Waals surface area contributed by atoms with Gasteiger partial charge in [-0.2, -0.15) is 10.1 Å². The van der Waals surface area contributed by atoms with Crippen LogP contribution in [0, 0.1) is 15.9 Å². The number of nitro benzene ring substituents is 1. The predicted octanol–water partition coefficient (Wildman–Crippen LogP) is 3.72. The van der Waals surface area contributed by atoms with Gasteiger partial charge in [-0.15, -0.1) is 0 Å². The zero-order chi connectivity index (χ0) is 21.8. The maximum atomic E-state index is 14.1. The van der Waals surface area contributed by atoms with Gasteiger partial charge in [-0.05, 0) is 24.3 Å². The number of nitro groups is 1. The normalized spacial score (nSPS) is 14.2. The fourth-order valence-corrected chi connectivity index (χ4v) is 3.13. The zero-order valence-electron chi connectivity index (χ0n) is 16.0. The molecule has 12 heteroatoms. The van der Waals surface area contributed by atoms with Crippen LogP contribution in [0.5, 0.6) is 0 Å². The third kappa shape index (κ3) is 4.78. The first-order chi connectivity index (χ1) is 15.0. The van der Waals surface area contributed by atoms with Gasteiger partial charge in [0.1, 0.15) is 16.5 Å². The summed E-state index contributed by atoms with van der Waals surface area (Å²) in [5.41, 5.74) is 2.93. The number of hydrazone groups is 1. The smallest absolute Gasteiger partial charge is 0.288 e. The Kier molecular flexibility index (Phi) is 6.05. The van der Waals surface area contributed by atoms with E-state index in [-0.39, 0.29) is 22.5 Å². The fourth-order valence-electron chi connectivity index (χ4n) is 2.95. The number of benzene rings is 1. The third-order valence-electron chi connectivity index (χ3n) is 4.45. The molecule has 1 aliphatic heterocycles. The van der Waals surface area contributed by atoms with E-state index in [0.717, 1.165) is 6.20 Å². The average Bonchev–Trinajstić information content (AvgIpc) is 3.24. The Labute approximate surface area is 180 Å². The number of aromatic nitrogens is 2. The number of anilines is 2. The average molecular weight is 447 g/mol. The number of morpholine rings is 1. The molecule has 3 aromatic rings. The summed E-state index contributed by atoms with van der Waals surface area (Å²) in [7, 11) is 0. The highest BCUT2D eigenvalue weighted by Crippen LogP contribution is 2.31. The molecule has 1 N–H and O–H groups in total. The van der Waals surface area contributed by atoms with Gasteiger partial charge in [0.15, 0.2) is 11.6 Å². The van der Waals surface area contributed by atoms with Crippen LogP contribution in [0.4, 0.5) is 21.8 Å². The first-order valence-electron chi connectivity index (χ1n) is 9.20. The summed E-state index contributed by atoms with van der Waals surface area (Å²) in [6.45, 7) is 2.08. The van der Waals surface area contributed by atoms with E-state index >= 15 is 0 Å². The van der Waals surface area contributed by atoms with Crippen LogP contribution in [0.1, 0.15) is 5.76 Å². The van der Waals surface area contributed by atoms with Crippen molar-refractivity contribution >= 4 is 35.3 Å². The molecule has 0 aliphatic carbocycles. The lowest BCUT2D eigenvalue weighted by molar-refractivity contribution is -0.384. The van der Waals surface area contributed by atoms with E-state index in [1.165, 1.54) is 18.3 Å². The van der Waals surface area contributed by atoms with E-state index in [1.807, 2.05) is 0 Å². The van der Waals surface area contributed by atoms with E-state index in [1.54, 1.807) is 23.1 Å². The van der Waals surface area contributed by atoms with Crippen molar-refractivity contribution in [2.45, 2.75) is 0 Å². The standard InChI is InChI=1S/C19H16ClFN6O4/c20-14-3-1-12(9-16(14)27(28)29)17-4-2-13(31-17)10-23-25-19-22-11-15(21)18(24-19)26-5-7-30-8-6-26/h1-4,9-11H,5-8H2,(H,22,24,25). The van der Waals surface area contributed by atoms with Gasteiger partial charge in [0.2, 0.25) is 5.95 Å². The molecule has 31 heavy (non-hydrogen) atoms. The van der Waals surface area contributed by atoms with Crippen molar-refractivity contribution in [3.05, 3.63) is 63.2 Å². The van der Waals surface area contributed by atoms with Crippen molar-refractivity contribution in [1.82, 2.24) is 9.97 Å². The van der Waals surface area contributed by atoms with Crippen LogP contribution in [-0.4, -0.2) is 47.4 Å². The summed E-state index contributed by atoms with van der Waals surface area (Å²) in [5, 5.41) is 15.1. The summed E-state index contributed by atoms with van der Waals surface area (Å²) in [6, 6.07) is 7.68. The lowest BCUT2D eigenvalue weighted by atomic mass is 10.1. The topological polar surface area (TPSA) is 119 Å². The lowest BCUT2D eigenvalue weighted by Gasteiger charge is -2.27. The molecule has 0 radical (unpaired) electrons. The molecule has 10 nitrogen and oxygen atoms in total. The van der Waals surface area contributed by atoms with Gasteiger partial charge >= 0.3 is 0 Å². The molecule has 1 saturated heterocycles. The number of hydrogen-bond acceptors (Lipinski definition) is 9. The molecule has 0 unspecified atom stereocenters. The molecule has 0 amide bonds. The van der Waals surface area contributed by atoms with Crippen molar-refractivity contribution < 1.29 is 18.5 Å². The minimum absolute atomic E-state index is 0.0436. The van der Waals surface area contributed by atoms with E-state index in [9.17, 15) is 14.5 Å². The second kappa shape index (κ2) is 9.06. The highest BCUT2D eigenvalue weighted by Gasteiger charge is 2.18. The van der Waals surface area contributed by atoms with Crippen molar-refractivity contribution in [1.29, 1.82) is 0 Å². The largest absolute Gasteiger partial charge is 0.455 e. The molecule has 0 spiro atoms. The van der Waals surface area contributed by atoms with Crippen LogP contribution in [0.3, 0.4) is 0 Å². The number of ether oxygens (including phenoxy) is 1. The third-order valence-corrected chi connectivity index (χ3v) is 4.77. The van der Waals surface area contributed by atoms with Crippen LogP contribution >= 0.6 is 11.6 Å². The SMILES string of the molecule is O=[N+]([O-])c1cc(-c2ccc(C=NNc3ncc(F)c(N4CCOCC4)n3)o2)ccc1Cl. The Morgan fingerprint density at radius 2 is 2.10 bits per heavy atom. The minimum atomic E-state index is -0.561. The van der Waals surface area contributed by atoms with Gasteiger partial charge in [-0.3, -0.25) is 10.1 Å². The van der Waals surface area contributed by atoms with Crippen LogP contribution in [0.2, 0.25) is 5.02 Å². The molecule has 1 aliphatic rings. The monoisotopic (exact) mass is 446 g/mol. The van der Waals surface area contributed by atoms with Crippen LogP contribution < -0.4 is 10.3 Å². The molecular weight excluding hydrogens is 431 g/mol. The highest BCUT2D eigenvalue weighted by atomic mass is 35.5. The van der Waals surface area contributed by atoms with Crippen LogP contribution in [-0.2, 0) is 4.74 Å². The van der Waals surface area contributed by atoms with E-state index in [2.05, 4.69) is 20.5 Å². The van der Waals surface area contributed by atoms with Gasteiger partial charge in [-0.25, -0.2) is 14.8 Å². The predicted molar refractivity (Wildman–Crippen MR) is 112 cm³/mol. The van der Waals surface area contributed by atoms with Gasteiger partial charge in [0, 0.05) is 24.7 Å². The Morgan fingerprint density at radius 3 is 2.87 bits per heavy atom. The molecule has 3 heterocycles. The van der Waals surface area contributed by atoms with Gasteiger partial charge in [0.25, 0.3) is 5.69 Å². The maximum Gasteiger partial charge on any atom is 0.288 e. The number of rotatable bonds is 6. The molecule has 160 valence electrons. The second-order valence-electron chi connectivity index (χ2n) is 6.46. The number of furan rings is 1. The first kappa shape index (κ1) is 20.7. The number of nitrogens with zero attached hydrogens (tertiary/aromatic N) is 5. The molecule has 1 fully saturated rings. The quantitative estimate of drug-likeness (QED) is 0.345. The number of hydrogen-bond donors (Lipinski definition) is 1. The van der Waals surface area contributed by atoms with Gasteiger partial charge < -0.3 is 14.1 Å². The summed E-state index contributed by atoms with van der Waals surface area (Å²) in [6.07, 6.45) is 2.46. The summed E-state index contributed by atoms with van der Waals surface area (Å²) in [4.78, 5) is 20.3. The molecule has 2 aromatic heterocycles. The molecule has 0 atom stereocenters. The Hall–Kier alpha value is -3.57. The van der Waals surface area contributed by atoms with Gasteiger partial charge in [-0.1, -0.05) is 11.6 Å². The Bertz CT molecular complexity index is 1130.